The molecule has 1 heterocycles. The lowest BCUT2D eigenvalue weighted by atomic mass is 9.86. The number of hydrogen-bond acceptors (Lipinski definition) is 4. The number of rotatable bonds is 5. The summed E-state index contributed by atoms with van der Waals surface area (Å²) in [4.78, 5) is 37.7. The van der Waals surface area contributed by atoms with Gasteiger partial charge >= 0.3 is 5.97 Å². The minimum atomic E-state index is -0.322. The van der Waals surface area contributed by atoms with Gasteiger partial charge in [-0.15, -0.1) is 0 Å². The SMILES string of the molecule is CCC(=O)N1CCCC(C(=O)OCC(=O)C2CCCCC2)C1. The number of carbonyl (C=O) groups excluding carboxylic acids is 3. The molecule has 1 aliphatic carbocycles. The Labute approximate surface area is 132 Å². The third kappa shape index (κ3) is 4.55. The summed E-state index contributed by atoms with van der Waals surface area (Å²) in [5.74, 6) is -0.381. The minimum absolute atomic E-state index is 0.0605. The van der Waals surface area contributed by atoms with Crippen LogP contribution in [-0.4, -0.2) is 42.3 Å². The van der Waals surface area contributed by atoms with E-state index in [1.165, 1.54) is 6.42 Å². The lowest BCUT2D eigenvalue weighted by Gasteiger charge is -2.31. The molecule has 0 N–H and O–H groups in total. The number of ketones is 1. The first-order valence-corrected chi connectivity index (χ1v) is 8.59. The Balaban J connectivity index is 1.76. The van der Waals surface area contributed by atoms with Gasteiger partial charge < -0.3 is 9.64 Å². The number of esters is 1. The van der Waals surface area contributed by atoms with Gasteiger partial charge in [0.25, 0.3) is 0 Å². The van der Waals surface area contributed by atoms with Crippen LogP contribution in [0.15, 0.2) is 0 Å². The molecule has 1 atom stereocenters. The van der Waals surface area contributed by atoms with Crippen molar-refractivity contribution in [3.8, 4) is 0 Å². The third-order valence-corrected chi connectivity index (χ3v) is 4.83. The van der Waals surface area contributed by atoms with Crippen LogP contribution < -0.4 is 0 Å². The van der Waals surface area contributed by atoms with Gasteiger partial charge in [-0.25, -0.2) is 0 Å². The molecular weight excluding hydrogens is 282 g/mol. The first-order valence-electron chi connectivity index (χ1n) is 8.59. The fourth-order valence-corrected chi connectivity index (χ4v) is 3.42. The lowest BCUT2D eigenvalue weighted by molar-refractivity contribution is -0.155. The average Bonchev–Trinajstić information content (AvgIpc) is 2.59. The molecule has 5 nitrogen and oxygen atoms in total. The average molecular weight is 309 g/mol. The number of piperidine rings is 1. The van der Waals surface area contributed by atoms with Crippen molar-refractivity contribution in [3.63, 3.8) is 0 Å². The van der Waals surface area contributed by atoms with Crippen molar-refractivity contribution in [1.29, 1.82) is 0 Å². The highest BCUT2D eigenvalue weighted by Crippen LogP contribution is 2.25. The van der Waals surface area contributed by atoms with E-state index in [1.807, 2.05) is 6.92 Å². The van der Waals surface area contributed by atoms with E-state index in [0.717, 1.165) is 45.1 Å². The van der Waals surface area contributed by atoms with Crippen molar-refractivity contribution in [3.05, 3.63) is 0 Å². The summed E-state index contributed by atoms with van der Waals surface area (Å²) >= 11 is 0. The molecule has 2 fully saturated rings. The summed E-state index contributed by atoms with van der Waals surface area (Å²) in [5, 5.41) is 0. The van der Waals surface area contributed by atoms with Crippen molar-refractivity contribution in [2.24, 2.45) is 11.8 Å². The maximum atomic E-state index is 12.1. The molecule has 0 aromatic heterocycles. The zero-order valence-corrected chi connectivity index (χ0v) is 13.5. The summed E-state index contributed by atoms with van der Waals surface area (Å²) in [6.45, 7) is 2.88. The highest BCUT2D eigenvalue weighted by atomic mass is 16.5. The molecule has 0 aromatic rings. The summed E-state index contributed by atoms with van der Waals surface area (Å²) in [7, 11) is 0. The Morgan fingerprint density at radius 3 is 2.36 bits per heavy atom. The Hall–Kier alpha value is -1.39. The maximum absolute atomic E-state index is 12.1. The van der Waals surface area contributed by atoms with Gasteiger partial charge in [-0.2, -0.15) is 0 Å². The molecule has 0 spiro atoms. The van der Waals surface area contributed by atoms with Crippen molar-refractivity contribution in [2.75, 3.05) is 19.7 Å². The zero-order chi connectivity index (χ0) is 15.9. The second-order valence-electron chi connectivity index (χ2n) is 6.44. The molecule has 1 aliphatic heterocycles. The molecule has 124 valence electrons. The first-order chi connectivity index (χ1) is 10.6. The highest BCUT2D eigenvalue weighted by Gasteiger charge is 2.30. The number of nitrogens with zero attached hydrogens (tertiary/aromatic N) is 1. The van der Waals surface area contributed by atoms with Gasteiger partial charge in [0.2, 0.25) is 5.91 Å². The van der Waals surface area contributed by atoms with Crippen molar-refractivity contribution in [1.82, 2.24) is 4.90 Å². The van der Waals surface area contributed by atoms with Gasteiger partial charge in [-0.3, -0.25) is 14.4 Å². The Bertz CT molecular complexity index is 415. The summed E-state index contributed by atoms with van der Waals surface area (Å²) < 4.78 is 5.23. The second kappa shape index (κ2) is 8.30. The lowest BCUT2D eigenvalue weighted by Crippen LogP contribution is -2.42. The molecule has 1 amide bonds. The monoisotopic (exact) mass is 309 g/mol. The predicted molar refractivity (Wildman–Crippen MR) is 82.1 cm³/mol. The molecule has 0 radical (unpaired) electrons. The molecule has 1 unspecified atom stereocenters. The normalized spacial score (nSPS) is 23.1. The van der Waals surface area contributed by atoms with Crippen LogP contribution in [0.25, 0.3) is 0 Å². The Kier molecular flexibility index (Phi) is 6.40. The van der Waals surface area contributed by atoms with Gasteiger partial charge in [0.15, 0.2) is 5.78 Å². The van der Waals surface area contributed by atoms with E-state index in [-0.39, 0.29) is 36.1 Å². The topological polar surface area (TPSA) is 63.7 Å². The molecule has 0 aromatic carbocycles. The highest BCUT2D eigenvalue weighted by molar-refractivity contribution is 5.85. The summed E-state index contributed by atoms with van der Waals surface area (Å²) in [5.41, 5.74) is 0. The summed E-state index contributed by atoms with van der Waals surface area (Å²) in [6.07, 6.45) is 7.28. The van der Waals surface area contributed by atoms with Crippen LogP contribution >= 0.6 is 0 Å². The Morgan fingerprint density at radius 2 is 1.68 bits per heavy atom. The molecule has 5 heteroatoms. The zero-order valence-electron chi connectivity index (χ0n) is 13.5. The number of carbonyl (C=O) groups is 3. The van der Waals surface area contributed by atoms with Crippen molar-refractivity contribution in [2.45, 2.75) is 58.3 Å². The molecule has 0 bridgehead atoms. The molecule has 1 saturated heterocycles. The first kappa shape index (κ1) is 17.0. The number of Topliss-reactive ketones (excluding diaryl/α,β-unsaturated/α-hetero) is 1. The van der Waals surface area contributed by atoms with Crippen LogP contribution in [0.5, 0.6) is 0 Å². The number of amides is 1. The van der Waals surface area contributed by atoms with E-state index in [9.17, 15) is 14.4 Å². The third-order valence-electron chi connectivity index (χ3n) is 4.83. The van der Waals surface area contributed by atoms with Gasteiger partial charge in [0.05, 0.1) is 5.92 Å². The van der Waals surface area contributed by atoms with E-state index in [4.69, 9.17) is 4.74 Å². The maximum Gasteiger partial charge on any atom is 0.311 e. The predicted octanol–water partition coefficient (Wildman–Crippen LogP) is 2.33. The molecule has 22 heavy (non-hydrogen) atoms. The number of ether oxygens (including phenoxy) is 1. The van der Waals surface area contributed by atoms with E-state index in [2.05, 4.69) is 0 Å². The quantitative estimate of drug-likeness (QED) is 0.731. The fraction of sp³-hybridized carbons (Fsp3) is 0.824. The van der Waals surface area contributed by atoms with E-state index in [0.29, 0.717) is 13.0 Å². The van der Waals surface area contributed by atoms with Crippen LogP contribution in [0.2, 0.25) is 0 Å². The van der Waals surface area contributed by atoms with Crippen molar-refractivity contribution < 1.29 is 19.1 Å². The van der Waals surface area contributed by atoms with Gasteiger partial charge in [-0.1, -0.05) is 26.2 Å². The Morgan fingerprint density at radius 1 is 1.00 bits per heavy atom. The van der Waals surface area contributed by atoms with Crippen LogP contribution in [0.1, 0.15) is 58.3 Å². The smallest absolute Gasteiger partial charge is 0.311 e. The van der Waals surface area contributed by atoms with Crippen LogP contribution in [0.4, 0.5) is 0 Å². The number of likely N-dealkylation sites (tertiary alicyclic amines) is 1. The minimum Gasteiger partial charge on any atom is -0.457 e. The van der Waals surface area contributed by atoms with E-state index >= 15 is 0 Å². The standard InChI is InChI=1S/C17H27NO4/c1-2-16(20)18-10-6-9-14(11-18)17(21)22-12-15(19)13-7-4-3-5-8-13/h13-14H,2-12H2,1H3. The molecular formula is C17H27NO4. The van der Waals surface area contributed by atoms with Gasteiger partial charge in [-0.05, 0) is 25.7 Å². The fourth-order valence-electron chi connectivity index (χ4n) is 3.42. The summed E-state index contributed by atoms with van der Waals surface area (Å²) in [6, 6.07) is 0. The van der Waals surface area contributed by atoms with Gasteiger partial charge in [0, 0.05) is 25.4 Å². The molecule has 2 aliphatic rings. The molecule has 1 saturated carbocycles. The van der Waals surface area contributed by atoms with Crippen molar-refractivity contribution >= 4 is 17.7 Å². The van der Waals surface area contributed by atoms with E-state index in [1.54, 1.807) is 4.90 Å². The van der Waals surface area contributed by atoms with E-state index < -0.39 is 0 Å². The second-order valence-corrected chi connectivity index (χ2v) is 6.44. The van der Waals surface area contributed by atoms with Crippen LogP contribution in [-0.2, 0) is 19.1 Å². The van der Waals surface area contributed by atoms with Crippen LogP contribution in [0, 0.1) is 11.8 Å². The molecule has 2 rings (SSSR count). The largest absolute Gasteiger partial charge is 0.457 e. The van der Waals surface area contributed by atoms with Gasteiger partial charge in [0.1, 0.15) is 6.61 Å². The number of hydrogen-bond donors (Lipinski definition) is 0. The van der Waals surface area contributed by atoms with Crippen LogP contribution in [0.3, 0.4) is 0 Å².